The molecule has 7 heteroatoms. The van der Waals surface area contributed by atoms with Crippen molar-refractivity contribution >= 4 is 11.2 Å². The summed E-state index contributed by atoms with van der Waals surface area (Å²) in [6, 6.07) is 15.8. The van der Waals surface area contributed by atoms with Crippen LogP contribution in [0.1, 0.15) is 12.5 Å². The number of imidazole rings is 1. The van der Waals surface area contributed by atoms with E-state index in [1.165, 1.54) is 6.07 Å². The molecule has 1 N–H and O–H groups in total. The number of hydrogen-bond acceptors (Lipinski definition) is 5. The molecule has 0 aliphatic carbocycles. The molecule has 0 saturated carbocycles. The largest absolute Gasteiger partial charge is 0.489 e. The molecule has 30 heavy (non-hydrogen) atoms. The van der Waals surface area contributed by atoms with Crippen molar-refractivity contribution < 1.29 is 18.6 Å². The number of benzene rings is 2. The quantitative estimate of drug-likeness (QED) is 0.456. The van der Waals surface area contributed by atoms with Gasteiger partial charge in [-0.25, -0.2) is 14.4 Å². The molecule has 6 nitrogen and oxygen atoms in total. The van der Waals surface area contributed by atoms with Crippen molar-refractivity contribution in [1.82, 2.24) is 15.0 Å². The second-order valence-corrected chi connectivity index (χ2v) is 6.91. The van der Waals surface area contributed by atoms with Gasteiger partial charge in [-0.15, -0.1) is 0 Å². The lowest BCUT2D eigenvalue weighted by Crippen LogP contribution is -2.18. The van der Waals surface area contributed by atoms with E-state index >= 15 is 0 Å². The van der Waals surface area contributed by atoms with E-state index in [9.17, 15) is 4.39 Å². The fourth-order valence-electron chi connectivity index (χ4n) is 3.12. The van der Waals surface area contributed by atoms with Gasteiger partial charge in [0.15, 0.2) is 5.65 Å². The first kappa shape index (κ1) is 19.8. The normalized spacial score (nSPS) is 12.1. The predicted molar refractivity (Wildman–Crippen MR) is 112 cm³/mol. The van der Waals surface area contributed by atoms with Gasteiger partial charge in [0.1, 0.15) is 41.4 Å². The topological polar surface area (TPSA) is 69.3 Å². The van der Waals surface area contributed by atoms with Gasteiger partial charge in [-0.1, -0.05) is 18.2 Å². The average molecular weight is 407 g/mol. The summed E-state index contributed by atoms with van der Waals surface area (Å²) >= 11 is 0. The van der Waals surface area contributed by atoms with E-state index < -0.39 is 0 Å². The van der Waals surface area contributed by atoms with Gasteiger partial charge < -0.3 is 19.2 Å². The summed E-state index contributed by atoms with van der Waals surface area (Å²) in [6.07, 6.45) is 1.56. The van der Waals surface area contributed by atoms with Gasteiger partial charge in [0, 0.05) is 30.5 Å². The van der Waals surface area contributed by atoms with Crippen LogP contribution < -0.4 is 9.47 Å². The van der Waals surface area contributed by atoms with Crippen LogP contribution in [-0.4, -0.2) is 34.8 Å². The lowest BCUT2D eigenvalue weighted by molar-refractivity contribution is 0.0919. The molecule has 154 valence electrons. The number of H-pyrrole nitrogens is 1. The van der Waals surface area contributed by atoms with Crippen LogP contribution in [0.4, 0.5) is 4.39 Å². The molecule has 0 bridgehead atoms. The first-order chi connectivity index (χ1) is 14.6. The zero-order valence-corrected chi connectivity index (χ0v) is 16.8. The van der Waals surface area contributed by atoms with Gasteiger partial charge in [0.2, 0.25) is 0 Å². The van der Waals surface area contributed by atoms with E-state index in [-0.39, 0.29) is 18.5 Å². The summed E-state index contributed by atoms with van der Waals surface area (Å²) in [5, 5.41) is 0. The molecule has 0 radical (unpaired) electrons. The maximum absolute atomic E-state index is 14.0. The molecule has 4 aromatic rings. The van der Waals surface area contributed by atoms with Gasteiger partial charge in [0.25, 0.3) is 0 Å². The van der Waals surface area contributed by atoms with Crippen LogP contribution in [0.15, 0.2) is 60.8 Å². The Morgan fingerprint density at radius 3 is 2.70 bits per heavy atom. The third-order valence-corrected chi connectivity index (χ3v) is 4.50. The van der Waals surface area contributed by atoms with Crippen molar-refractivity contribution in [3.05, 3.63) is 72.2 Å². The molecule has 0 spiro atoms. The first-order valence-corrected chi connectivity index (χ1v) is 9.60. The highest BCUT2D eigenvalue weighted by Crippen LogP contribution is 2.30. The molecule has 0 amide bonds. The van der Waals surface area contributed by atoms with E-state index in [1.807, 2.05) is 31.2 Å². The van der Waals surface area contributed by atoms with Crippen molar-refractivity contribution in [2.24, 2.45) is 0 Å². The van der Waals surface area contributed by atoms with Crippen LogP contribution in [0.25, 0.3) is 22.6 Å². The van der Waals surface area contributed by atoms with Gasteiger partial charge in [-0.05, 0) is 37.3 Å². The molecule has 0 aliphatic rings. The number of nitrogens with zero attached hydrogens (tertiary/aromatic N) is 2. The Morgan fingerprint density at radius 1 is 1.07 bits per heavy atom. The Labute approximate surface area is 173 Å². The smallest absolute Gasteiger partial charge is 0.157 e. The second-order valence-electron chi connectivity index (χ2n) is 6.91. The number of aromatic nitrogens is 3. The number of pyridine rings is 1. The molecule has 1 unspecified atom stereocenters. The summed E-state index contributed by atoms with van der Waals surface area (Å²) in [5.41, 5.74) is 2.71. The second kappa shape index (κ2) is 8.92. The number of nitrogens with one attached hydrogen (secondary N) is 1. The van der Waals surface area contributed by atoms with E-state index in [1.54, 1.807) is 37.6 Å². The van der Waals surface area contributed by atoms with E-state index in [4.69, 9.17) is 14.2 Å². The number of fused-ring (bicyclic) bond motifs is 1. The molecule has 2 aromatic carbocycles. The fourth-order valence-corrected chi connectivity index (χ4v) is 3.12. The van der Waals surface area contributed by atoms with E-state index in [0.29, 0.717) is 35.1 Å². The van der Waals surface area contributed by atoms with Crippen LogP contribution in [0.5, 0.6) is 11.5 Å². The third kappa shape index (κ3) is 4.58. The van der Waals surface area contributed by atoms with Crippen LogP contribution in [-0.2, 0) is 11.3 Å². The lowest BCUT2D eigenvalue weighted by atomic mass is 10.2. The summed E-state index contributed by atoms with van der Waals surface area (Å²) in [4.78, 5) is 12.1. The Bertz CT molecular complexity index is 1110. The Hall–Kier alpha value is -3.45. The summed E-state index contributed by atoms with van der Waals surface area (Å²) in [7, 11) is 1.63. The maximum atomic E-state index is 14.0. The highest BCUT2D eigenvalue weighted by molar-refractivity contribution is 5.76. The SMILES string of the molecule is COCC(C)Oc1cc(OCc2ccccc2F)cc(-c2nc3cccnc3[nH]2)c1. The lowest BCUT2D eigenvalue weighted by Gasteiger charge is -2.16. The minimum absolute atomic E-state index is 0.102. The minimum Gasteiger partial charge on any atom is -0.489 e. The van der Waals surface area contributed by atoms with Crippen molar-refractivity contribution in [2.45, 2.75) is 19.6 Å². The van der Waals surface area contributed by atoms with Crippen molar-refractivity contribution in [3.8, 4) is 22.9 Å². The highest BCUT2D eigenvalue weighted by atomic mass is 19.1. The number of ether oxygens (including phenoxy) is 3. The van der Waals surface area contributed by atoms with Crippen molar-refractivity contribution in [2.75, 3.05) is 13.7 Å². The standard InChI is InChI=1S/C23H22FN3O3/c1-15(13-28-2)30-19-11-17(22-26-21-8-5-9-25-23(21)27-22)10-18(12-19)29-14-16-6-3-4-7-20(16)24/h3-12,15H,13-14H2,1-2H3,(H,25,26,27). The predicted octanol–water partition coefficient (Wildman–Crippen LogP) is 4.76. The summed E-state index contributed by atoms with van der Waals surface area (Å²) < 4.78 is 31.0. The highest BCUT2D eigenvalue weighted by Gasteiger charge is 2.13. The number of halogens is 1. The third-order valence-electron chi connectivity index (χ3n) is 4.50. The molecule has 0 aliphatic heterocycles. The zero-order valence-electron chi connectivity index (χ0n) is 16.8. The average Bonchev–Trinajstić information content (AvgIpc) is 3.18. The maximum Gasteiger partial charge on any atom is 0.157 e. The molecular weight excluding hydrogens is 385 g/mol. The van der Waals surface area contributed by atoms with Crippen LogP contribution in [0, 0.1) is 5.82 Å². The number of rotatable bonds is 8. The Balaban J connectivity index is 1.66. The van der Waals surface area contributed by atoms with Gasteiger partial charge in [0.05, 0.1) is 6.61 Å². The molecule has 1 atom stereocenters. The van der Waals surface area contributed by atoms with Crippen LogP contribution >= 0.6 is 0 Å². The Kier molecular flexibility index (Phi) is 5.90. The number of methoxy groups -OCH3 is 1. The van der Waals surface area contributed by atoms with E-state index in [0.717, 1.165) is 11.1 Å². The first-order valence-electron chi connectivity index (χ1n) is 9.60. The monoisotopic (exact) mass is 407 g/mol. The van der Waals surface area contributed by atoms with Gasteiger partial charge in [-0.3, -0.25) is 0 Å². The van der Waals surface area contributed by atoms with Crippen molar-refractivity contribution in [1.29, 1.82) is 0 Å². The summed E-state index contributed by atoms with van der Waals surface area (Å²) in [5.74, 6) is 1.49. The zero-order chi connectivity index (χ0) is 20.9. The molecule has 4 rings (SSSR count). The summed E-state index contributed by atoms with van der Waals surface area (Å²) in [6.45, 7) is 2.47. The fraction of sp³-hybridized carbons (Fsp3) is 0.217. The van der Waals surface area contributed by atoms with Gasteiger partial charge >= 0.3 is 0 Å². The van der Waals surface area contributed by atoms with E-state index in [2.05, 4.69) is 15.0 Å². The molecule has 0 saturated heterocycles. The van der Waals surface area contributed by atoms with Crippen molar-refractivity contribution in [3.63, 3.8) is 0 Å². The van der Waals surface area contributed by atoms with Crippen LogP contribution in [0.3, 0.4) is 0 Å². The minimum atomic E-state index is -0.304. The van der Waals surface area contributed by atoms with Crippen LogP contribution in [0.2, 0.25) is 0 Å². The number of aromatic amines is 1. The number of hydrogen-bond donors (Lipinski definition) is 1. The van der Waals surface area contributed by atoms with Gasteiger partial charge in [-0.2, -0.15) is 0 Å². The molecule has 0 fully saturated rings. The molecular formula is C23H22FN3O3. The molecule has 2 aromatic heterocycles. The Morgan fingerprint density at radius 2 is 1.90 bits per heavy atom. The molecule has 2 heterocycles.